The molecule has 0 saturated carbocycles. The second-order valence-corrected chi connectivity index (χ2v) is 3.65. The molecule has 82 valence electrons. The Balaban J connectivity index is 2.09. The van der Waals surface area contributed by atoms with Crippen LogP contribution in [-0.4, -0.2) is 23.6 Å². The predicted octanol–water partition coefficient (Wildman–Crippen LogP) is 2.03. The average Bonchev–Trinajstić information content (AvgIpc) is 2.64. The van der Waals surface area contributed by atoms with Gasteiger partial charge in [0.15, 0.2) is 0 Å². The van der Waals surface area contributed by atoms with Crippen LogP contribution in [0.25, 0.3) is 0 Å². The Bertz CT molecular complexity index is 430. The van der Waals surface area contributed by atoms with E-state index in [2.05, 4.69) is 12.0 Å². The smallest absolute Gasteiger partial charge is 0.422 e. The molecule has 1 saturated heterocycles. The van der Waals surface area contributed by atoms with Gasteiger partial charge in [-0.2, -0.15) is 0 Å². The minimum atomic E-state index is -0.338. The third-order valence-corrected chi connectivity index (χ3v) is 2.51. The Labute approximate surface area is 95.0 Å². The summed E-state index contributed by atoms with van der Waals surface area (Å²) in [5.74, 6) is 2.73. The lowest BCUT2D eigenvalue weighted by Gasteiger charge is -2.14. The number of carbonyl (C=O) groups excluding carboxylic acids is 1. The first-order chi connectivity index (χ1) is 7.81. The summed E-state index contributed by atoms with van der Waals surface area (Å²) in [6, 6.07) is 12.8. The molecule has 1 amide bonds. The van der Waals surface area contributed by atoms with E-state index in [1.165, 1.54) is 10.5 Å². The second-order valence-electron chi connectivity index (χ2n) is 3.65. The third-order valence-electron chi connectivity index (χ3n) is 2.51. The van der Waals surface area contributed by atoms with Crippen LogP contribution in [0.4, 0.5) is 4.79 Å². The number of cyclic esters (lactones) is 1. The summed E-state index contributed by atoms with van der Waals surface area (Å²) in [6.07, 6.45) is 0.441. The highest BCUT2D eigenvalue weighted by Gasteiger charge is 2.31. The van der Waals surface area contributed by atoms with E-state index < -0.39 is 0 Å². The van der Waals surface area contributed by atoms with Crippen LogP contribution in [0.15, 0.2) is 30.3 Å². The van der Waals surface area contributed by atoms with Crippen molar-refractivity contribution in [2.24, 2.45) is 0 Å². The van der Waals surface area contributed by atoms with E-state index in [-0.39, 0.29) is 12.1 Å². The van der Waals surface area contributed by atoms with Gasteiger partial charge in [-0.05, 0) is 18.9 Å². The molecule has 16 heavy (non-hydrogen) atoms. The molecule has 0 N–H and O–H groups in total. The summed E-state index contributed by atoms with van der Waals surface area (Å²) in [5, 5.41) is 0. The first-order valence-electron chi connectivity index (χ1n) is 5.23. The van der Waals surface area contributed by atoms with E-state index in [9.17, 15) is 4.79 Å². The van der Waals surface area contributed by atoms with Crippen LogP contribution >= 0.6 is 0 Å². The largest absolute Gasteiger partial charge is 0.446 e. The standard InChI is InChI=1S/C13H13NO2/c1-2-8-14-12(10-16-13(14)15)9-11-6-4-3-5-7-11/h3-7,12H,9-10H2,1H3/t12-/m0/s1. The molecule has 3 heteroatoms. The number of carbonyl (C=O) groups is 1. The van der Waals surface area contributed by atoms with Gasteiger partial charge in [0.05, 0.1) is 6.04 Å². The zero-order valence-corrected chi connectivity index (χ0v) is 9.14. The van der Waals surface area contributed by atoms with E-state index >= 15 is 0 Å². The van der Waals surface area contributed by atoms with Gasteiger partial charge in [0.2, 0.25) is 0 Å². The first kappa shape index (κ1) is 10.6. The normalized spacial score (nSPS) is 18.9. The summed E-state index contributed by atoms with van der Waals surface area (Å²) in [6.45, 7) is 2.13. The monoisotopic (exact) mass is 215 g/mol. The Morgan fingerprint density at radius 3 is 2.88 bits per heavy atom. The lowest BCUT2D eigenvalue weighted by molar-refractivity contribution is 0.167. The summed E-state index contributed by atoms with van der Waals surface area (Å²) >= 11 is 0. The van der Waals surface area contributed by atoms with Gasteiger partial charge in [-0.1, -0.05) is 36.3 Å². The molecule has 1 fully saturated rings. The number of hydrogen-bond donors (Lipinski definition) is 0. The molecular formula is C13H13NO2. The molecule has 1 aromatic rings. The maximum atomic E-state index is 11.4. The lowest BCUT2D eigenvalue weighted by Crippen LogP contribution is -2.30. The van der Waals surface area contributed by atoms with Crippen molar-refractivity contribution in [1.82, 2.24) is 4.90 Å². The van der Waals surface area contributed by atoms with E-state index in [4.69, 9.17) is 4.74 Å². The van der Waals surface area contributed by atoms with Gasteiger partial charge < -0.3 is 4.74 Å². The number of rotatable bonds is 2. The lowest BCUT2D eigenvalue weighted by atomic mass is 10.1. The van der Waals surface area contributed by atoms with Gasteiger partial charge in [0, 0.05) is 6.04 Å². The molecule has 1 atom stereocenters. The van der Waals surface area contributed by atoms with Gasteiger partial charge in [0.25, 0.3) is 0 Å². The molecule has 0 aromatic heterocycles. The molecule has 0 radical (unpaired) electrons. The first-order valence-corrected chi connectivity index (χ1v) is 5.23. The zero-order valence-electron chi connectivity index (χ0n) is 9.14. The van der Waals surface area contributed by atoms with Crippen LogP contribution < -0.4 is 0 Å². The molecule has 1 aromatic carbocycles. The van der Waals surface area contributed by atoms with Crippen molar-refractivity contribution < 1.29 is 9.53 Å². The van der Waals surface area contributed by atoms with Crippen molar-refractivity contribution in [1.29, 1.82) is 0 Å². The number of benzene rings is 1. The van der Waals surface area contributed by atoms with Gasteiger partial charge >= 0.3 is 6.09 Å². The van der Waals surface area contributed by atoms with Crippen molar-refractivity contribution >= 4 is 6.09 Å². The van der Waals surface area contributed by atoms with Crippen LogP contribution in [0.5, 0.6) is 0 Å². The fourth-order valence-corrected chi connectivity index (χ4v) is 1.75. The molecule has 1 aliphatic rings. The summed E-state index contributed by atoms with van der Waals surface area (Å²) in [4.78, 5) is 12.8. The second kappa shape index (κ2) is 4.71. The van der Waals surface area contributed by atoms with E-state index in [1.807, 2.05) is 30.3 Å². The molecule has 1 heterocycles. The van der Waals surface area contributed by atoms with Crippen molar-refractivity contribution in [3.05, 3.63) is 35.9 Å². The van der Waals surface area contributed by atoms with Crippen molar-refractivity contribution in [3.8, 4) is 12.0 Å². The van der Waals surface area contributed by atoms with E-state index in [0.717, 1.165) is 6.42 Å². The third kappa shape index (κ3) is 2.17. The Morgan fingerprint density at radius 2 is 2.19 bits per heavy atom. The highest BCUT2D eigenvalue weighted by atomic mass is 16.6. The van der Waals surface area contributed by atoms with Crippen LogP contribution in [0.1, 0.15) is 12.5 Å². The van der Waals surface area contributed by atoms with Crippen molar-refractivity contribution in [3.63, 3.8) is 0 Å². The van der Waals surface area contributed by atoms with E-state index in [0.29, 0.717) is 6.61 Å². The summed E-state index contributed by atoms with van der Waals surface area (Å²) in [5.41, 5.74) is 1.19. The Kier molecular flexibility index (Phi) is 3.11. The number of amides is 1. The van der Waals surface area contributed by atoms with Crippen molar-refractivity contribution in [2.45, 2.75) is 19.4 Å². The average molecular weight is 215 g/mol. The zero-order chi connectivity index (χ0) is 11.4. The number of hydrogen-bond acceptors (Lipinski definition) is 2. The summed E-state index contributed by atoms with van der Waals surface area (Å²) < 4.78 is 4.99. The van der Waals surface area contributed by atoms with Gasteiger partial charge in [-0.15, -0.1) is 0 Å². The molecule has 2 rings (SSSR count). The minimum absolute atomic E-state index is 0.0300. The molecule has 0 spiro atoms. The van der Waals surface area contributed by atoms with Crippen molar-refractivity contribution in [2.75, 3.05) is 6.61 Å². The SMILES string of the molecule is CC#CN1C(=O)OC[C@@H]1Cc1ccccc1. The minimum Gasteiger partial charge on any atom is -0.446 e. The molecular weight excluding hydrogens is 202 g/mol. The van der Waals surface area contributed by atoms with Gasteiger partial charge in [-0.25, -0.2) is 9.69 Å². The quantitative estimate of drug-likeness (QED) is 0.706. The Hall–Kier alpha value is -1.95. The van der Waals surface area contributed by atoms with Crippen LogP contribution in [0.3, 0.4) is 0 Å². The maximum Gasteiger partial charge on any atom is 0.422 e. The molecule has 3 nitrogen and oxygen atoms in total. The molecule has 0 unspecified atom stereocenters. The van der Waals surface area contributed by atoms with Gasteiger partial charge in [0.1, 0.15) is 6.61 Å². The molecule has 0 bridgehead atoms. The molecule has 0 aliphatic carbocycles. The Morgan fingerprint density at radius 1 is 1.44 bits per heavy atom. The molecule has 1 aliphatic heterocycles. The summed E-state index contributed by atoms with van der Waals surface area (Å²) in [7, 11) is 0. The van der Waals surface area contributed by atoms with Crippen LogP contribution in [0.2, 0.25) is 0 Å². The topological polar surface area (TPSA) is 29.5 Å². The fourth-order valence-electron chi connectivity index (χ4n) is 1.75. The highest BCUT2D eigenvalue weighted by Crippen LogP contribution is 2.15. The number of nitrogens with zero attached hydrogens (tertiary/aromatic N) is 1. The van der Waals surface area contributed by atoms with Crippen LogP contribution in [0, 0.1) is 12.0 Å². The van der Waals surface area contributed by atoms with E-state index in [1.54, 1.807) is 6.92 Å². The number of ether oxygens (including phenoxy) is 1. The fraction of sp³-hybridized carbons (Fsp3) is 0.308. The highest BCUT2D eigenvalue weighted by molar-refractivity contribution is 5.72. The predicted molar refractivity (Wildman–Crippen MR) is 60.6 cm³/mol. The van der Waals surface area contributed by atoms with Crippen LogP contribution in [-0.2, 0) is 11.2 Å². The van der Waals surface area contributed by atoms with Gasteiger partial charge in [-0.3, -0.25) is 0 Å². The maximum absolute atomic E-state index is 11.4.